The van der Waals surface area contributed by atoms with E-state index < -0.39 is 16.4 Å². The fourth-order valence-electron chi connectivity index (χ4n) is 1.83. The number of anilines is 1. The van der Waals surface area contributed by atoms with Crippen molar-refractivity contribution in [3.05, 3.63) is 28.2 Å². The molecule has 0 saturated carbocycles. The summed E-state index contributed by atoms with van der Waals surface area (Å²) in [4.78, 5) is 29.2. The highest BCUT2D eigenvalue weighted by atomic mass is 35.5. The van der Waals surface area contributed by atoms with Gasteiger partial charge < -0.3 is 9.94 Å². The zero-order chi connectivity index (χ0) is 16.5. The highest BCUT2D eigenvalue weighted by Gasteiger charge is 2.49. The second-order valence-corrected chi connectivity index (χ2v) is 7.34. The van der Waals surface area contributed by atoms with E-state index in [0.29, 0.717) is 15.7 Å². The zero-order valence-electron chi connectivity index (χ0n) is 11.5. The van der Waals surface area contributed by atoms with Gasteiger partial charge in [-0.05, 0) is 37.2 Å². The standard InChI is InChI=1S/C12H11Cl2N3O4S/c1-12(2)9(18)17(8-4-6(13)3-7(14)5-8)11(22-12)21-16-15-10(19)20/h3-5,11H,1-2H3,(H,19,20). The van der Waals surface area contributed by atoms with Crippen LogP contribution in [0.2, 0.25) is 10.0 Å². The molecule has 0 aromatic heterocycles. The quantitative estimate of drug-likeness (QED) is 0.641. The second kappa shape index (κ2) is 6.31. The summed E-state index contributed by atoms with van der Waals surface area (Å²) in [6, 6.07) is 4.64. The van der Waals surface area contributed by atoms with Crippen LogP contribution in [-0.4, -0.2) is 27.4 Å². The summed E-state index contributed by atoms with van der Waals surface area (Å²) >= 11 is 13.1. The Morgan fingerprint density at radius 2 is 1.95 bits per heavy atom. The number of hydrogen-bond donors (Lipinski definition) is 1. The molecule has 1 aliphatic heterocycles. The van der Waals surface area contributed by atoms with Crippen LogP contribution in [0.15, 0.2) is 28.6 Å². The van der Waals surface area contributed by atoms with Crippen LogP contribution in [0.4, 0.5) is 10.5 Å². The van der Waals surface area contributed by atoms with E-state index in [-0.39, 0.29) is 5.91 Å². The van der Waals surface area contributed by atoms with Crippen LogP contribution in [0.1, 0.15) is 13.8 Å². The third-order valence-electron chi connectivity index (χ3n) is 2.73. The van der Waals surface area contributed by atoms with Gasteiger partial charge in [-0.25, -0.2) is 4.79 Å². The molecule has 1 heterocycles. The van der Waals surface area contributed by atoms with Gasteiger partial charge in [-0.3, -0.25) is 9.69 Å². The van der Waals surface area contributed by atoms with Crippen molar-refractivity contribution >= 4 is 52.7 Å². The lowest BCUT2D eigenvalue weighted by atomic mass is 10.1. The summed E-state index contributed by atoms with van der Waals surface area (Å²) in [7, 11) is 0. The lowest BCUT2D eigenvalue weighted by molar-refractivity contribution is -0.120. The highest BCUT2D eigenvalue weighted by Crippen LogP contribution is 2.44. The molecule has 1 aliphatic rings. The molecule has 1 atom stereocenters. The van der Waals surface area contributed by atoms with Crippen LogP contribution in [0.25, 0.3) is 0 Å². The SMILES string of the molecule is CC1(C)SC(ON=NC(=O)O)N(c2cc(Cl)cc(Cl)c2)C1=O. The maximum absolute atomic E-state index is 12.5. The largest absolute Gasteiger partial charge is 0.462 e. The molecule has 0 bridgehead atoms. The summed E-state index contributed by atoms with van der Waals surface area (Å²) in [6.45, 7) is 3.44. The van der Waals surface area contributed by atoms with E-state index in [1.807, 2.05) is 0 Å². The number of carbonyl (C=O) groups is 2. The Kier molecular flexibility index (Phi) is 4.84. The van der Waals surface area contributed by atoms with Crippen molar-refractivity contribution in [2.75, 3.05) is 4.90 Å². The third kappa shape index (κ3) is 3.63. The Morgan fingerprint density at radius 1 is 1.36 bits per heavy atom. The van der Waals surface area contributed by atoms with Crippen molar-refractivity contribution in [2.45, 2.75) is 24.2 Å². The van der Waals surface area contributed by atoms with Gasteiger partial charge in [0.1, 0.15) is 0 Å². The van der Waals surface area contributed by atoms with Gasteiger partial charge in [0.05, 0.1) is 10.4 Å². The molecular formula is C12H11Cl2N3O4S. The van der Waals surface area contributed by atoms with Crippen molar-refractivity contribution in [3.8, 4) is 0 Å². The number of thioether (sulfide) groups is 1. The van der Waals surface area contributed by atoms with E-state index in [4.69, 9.17) is 33.1 Å². The number of halogens is 2. The zero-order valence-corrected chi connectivity index (χ0v) is 13.8. The molecule has 1 aromatic rings. The number of carboxylic acid groups (broad SMARTS) is 1. The summed E-state index contributed by atoms with van der Waals surface area (Å²) in [5.74, 6) is -0.244. The summed E-state index contributed by atoms with van der Waals surface area (Å²) in [5.41, 5.74) is -0.448. The first-order valence-corrected chi connectivity index (χ1v) is 7.61. The molecule has 2 amide bonds. The first kappa shape index (κ1) is 16.9. The van der Waals surface area contributed by atoms with Crippen LogP contribution in [0.5, 0.6) is 0 Å². The molecule has 10 heteroatoms. The van der Waals surface area contributed by atoms with Gasteiger partial charge in [0.25, 0.3) is 5.56 Å². The topological polar surface area (TPSA) is 91.6 Å². The van der Waals surface area contributed by atoms with E-state index >= 15 is 0 Å². The molecule has 1 unspecified atom stereocenters. The predicted molar refractivity (Wildman–Crippen MR) is 83.4 cm³/mol. The Labute approximate surface area is 140 Å². The van der Waals surface area contributed by atoms with E-state index in [1.54, 1.807) is 26.0 Å². The van der Waals surface area contributed by atoms with Crippen molar-refractivity contribution in [3.63, 3.8) is 0 Å². The predicted octanol–water partition coefficient (Wildman–Crippen LogP) is 4.20. The van der Waals surface area contributed by atoms with Crippen molar-refractivity contribution < 1.29 is 19.5 Å². The van der Waals surface area contributed by atoms with Crippen molar-refractivity contribution in [2.24, 2.45) is 10.4 Å². The van der Waals surface area contributed by atoms with Gasteiger partial charge in [0, 0.05) is 15.3 Å². The van der Waals surface area contributed by atoms with E-state index in [0.717, 1.165) is 11.8 Å². The minimum Gasteiger partial charge on any atom is -0.462 e. The van der Waals surface area contributed by atoms with Gasteiger partial charge >= 0.3 is 6.09 Å². The minimum atomic E-state index is -1.49. The van der Waals surface area contributed by atoms with Gasteiger partial charge in [-0.1, -0.05) is 35.0 Å². The average molecular weight is 364 g/mol. The van der Waals surface area contributed by atoms with E-state index in [9.17, 15) is 9.59 Å². The molecule has 0 radical (unpaired) electrons. The average Bonchev–Trinajstić information content (AvgIpc) is 2.58. The fourth-order valence-corrected chi connectivity index (χ4v) is 3.45. The maximum Gasteiger partial charge on any atom is 0.452 e. The molecular weight excluding hydrogens is 353 g/mol. The summed E-state index contributed by atoms with van der Waals surface area (Å²) in [5, 5.41) is 15.1. The van der Waals surface area contributed by atoms with Gasteiger partial charge in [0.2, 0.25) is 5.91 Å². The number of rotatable bonds is 3. The number of benzene rings is 1. The second-order valence-electron chi connectivity index (χ2n) is 4.81. The number of nitrogens with zero attached hydrogens (tertiary/aromatic N) is 3. The Morgan fingerprint density at radius 3 is 2.50 bits per heavy atom. The smallest absolute Gasteiger partial charge is 0.452 e. The van der Waals surface area contributed by atoms with Crippen LogP contribution in [0.3, 0.4) is 0 Å². The van der Waals surface area contributed by atoms with Crippen molar-refractivity contribution in [1.82, 2.24) is 0 Å². The molecule has 0 aliphatic carbocycles. The lowest BCUT2D eigenvalue weighted by Gasteiger charge is -2.22. The number of amides is 2. The van der Waals surface area contributed by atoms with Crippen LogP contribution in [-0.2, 0) is 9.63 Å². The molecule has 22 heavy (non-hydrogen) atoms. The molecule has 118 valence electrons. The van der Waals surface area contributed by atoms with Crippen molar-refractivity contribution in [1.29, 1.82) is 0 Å². The summed E-state index contributed by atoms with van der Waals surface area (Å²) < 4.78 is -0.780. The Bertz CT molecular complexity index is 633. The molecule has 2 rings (SSSR count). The number of carbonyl (C=O) groups excluding carboxylic acids is 1. The maximum atomic E-state index is 12.5. The normalized spacial score (nSPS) is 20.6. The monoisotopic (exact) mass is 363 g/mol. The Balaban J connectivity index is 2.34. The first-order valence-electron chi connectivity index (χ1n) is 5.98. The molecule has 1 fully saturated rings. The first-order chi connectivity index (χ1) is 10.2. The van der Waals surface area contributed by atoms with Crippen LogP contribution in [0, 0.1) is 0 Å². The fraction of sp³-hybridized carbons (Fsp3) is 0.333. The lowest BCUT2D eigenvalue weighted by Crippen LogP contribution is -2.38. The number of hydrogen-bond acceptors (Lipinski definition) is 5. The molecule has 1 N–H and O–H groups in total. The van der Waals surface area contributed by atoms with Gasteiger partial charge in [0.15, 0.2) is 0 Å². The van der Waals surface area contributed by atoms with Gasteiger partial charge in [-0.2, -0.15) is 0 Å². The Hall–Kier alpha value is -1.51. The van der Waals surface area contributed by atoms with Gasteiger partial charge in [-0.15, -0.1) is 0 Å². The molecule has 1 saturated heterocycles. The van der Waals surface area contributed by atoms with Crippen LogP contribution < -0.4 is 4.90 Å². The van der Waals surface area contributed by atoms with Crippen LogP contribution >= 0.6 is 35.0 Å². The molecule has 1 aromatic carbocycles. The highest BCUT2D eigenvalue weighted by molar-refractivity contribution is 8.02. The molecule has 0 spiro atoms. The molecule has 7 nitrogen and oxygen atoms in total. The van der Waals surface area contributed by atoms with E-state index in [2.05, 4.69) is 10.4 Å². The third-order valence-corrected chi connectivity index (χ3v) is 4.43. The summed E-state index contributed by atoms with van der Waals surface area (Å²) in [6.07, 6.45) is -1.49. The minimum absolute atomic E-state index is 0.244. The van der Waals surface area contributed by atoms with E-state index in [1.165, 1.54) is 11.0 Å².